The Hall–Kier alpha value is -3.07. The van der Waals surface area contributed by atoms with Crippen LogP contribution in [0.2, 0.25) is 0 Å². The van der Waals surface area contributed by atoms with Crippen LogP contribution in [0.1, 0.15) is 41.4 Å². The smallest absolute Gasteiger partial charge is 0.310 e. The van der Waals surface area contributed by atoms with Crippen LogP contribution < -0.4 is 0 Å². The number of benzene rings is 1. The SMILES string of the molecule is CCOC(=O)C1CCCN(C(=O)c2c(C#N)ccn2-c2ccc(C)cc2)C1. The Morgan fingerprint density at radius 3 is 2.67 bits per heavy atom. The van der Waals surface area contributed by atoms with Crippen molar-refractivity contribution in [2.24, 2.45) is 5.92 Å². The molecule has 1 amide bonds. The Morgan fingerprint density at radius 1 is 1.26 bits per heavy atom. The normalized spacial score (nSPS) is 16.6. The summed E-state index contributed by atoms with van der Waals surface area (Å²) in [6, 6.07) is 11.5. The molecular weight excluding hydrogens is 342 g/mol. The summed E-state index contributed by atoms with van der Waals surface area (Å²) in [5.41, 5.74) is 2.61. The van der Waals surface area contributed by atoms with Crippen molar-refractivity contribution in [2.45, 2.75) is 26.7 Å². The van der Waals surface area contributed by atoms with Crippen molar-refractivity contribution in [1.29, 1.82) is 5.26 Å². The first-order chi connectivity index (χ1) is 13.0. The van der Waals surface area contributed by atoms with Gasteiger partial charge in [0.1, 0.15) is 11.8 Å². The average Bonchev–Trinajstić information content (AvgIpc) is 3.12. The molecular formula is C21H23N3O3. The largest absolute Gasteiger partial charge is 0.466 e. The first-order valence-electron chi connectivity index (χ1n) is 9.19. The fraction of sp³-hybridized carbons (Fsp3) is 0.381. The number of hydrogen-bond donors (Lipinski definition) is 0. The van der Waals surface area contributed by atoms with Crippen LogP contribution in [0.5, 0.6) is 0 Å². The van der Waals surface area contributed by atoms with Crippen molar-refractivity contribution in [2.75, 3.05) is 19.7 Å². The minimum absolute atomic E-state index is 0.230. The van der Waals surface area contributed by atoms with Gasteiger partial charge in [0, 0.05) is 25.0 Å². The second-order valence-electron chi connectivity index (χ2n) is 6.74. The van der Waals surface area contributed by atoms with Crippen molar-refractivity contribution in [1.82, 2.24) is 9.47 Å². The highest BCUT2D eigenvalue weighted by Gasteiger charge is 2.32. The third-order valence-corrected chi connectivity index (χ3v) is 4.85. The molecule has 1 atom stereocenters. The number of nitriles is 1. The van der Waals surface area contributed by atoms with E-state index in [4.69, 9.17) is 4.74 Å². The predicted octanol–water partition coefficient (Wildman–Crippen LogP) is 3.07. The quantitative estimate of drug-likeness (QED) is 0.781. The zero-order chi connectivity index (χ0) is 19.4. The number of carbonyl (C=O) groups is 2. The van der Waals surface area contributed by atoms with Crippen molar-refractivity contribution in [3.8, 4) is 11.8 Å². The summed E-state index contributed by atoms with van der Waals surface area (Å²) in [5.74, 6) is -0.800. The standard InChI is InChI=1S/C21H23N3O3/c1-3-27-21(26)17-5-4-11-23(14-17)20(25)19-16(13-22)10-12-24(19)18-8-6-15(2)7-9-18/h6-10,12,17H,3-5,11,14H2,1-2H3. The molecule has 0 spiro atoms. The summed E-state index contributed by atoms with van der Waals surface area (Å²) in [6.45, 7) is 4.99. The lowest BCUT2D eigenvalue weighted by Gasteiger charge is -2.31. The second-order valence-corrected chi connectivity index (χ2v) is 6.74. The predicted molar refractivity (Wildman–Crippen MR) is 100 cm³/mol. The molecule has 2 aromatic rings. The minimum Gasteiger partial charge on any atom is -0.466 e. The number of aryl methyl sites for hydroxylation is 1. The number of hydrogen-bond acceptors (Lipinski definition) is 4. The van der Waals surface area contributed by atoms with Crippen LogP contribution in [0.15, 0.2) is 36.5 Å². The van der Waals surface area contributed by atoms with E-state index in [1.807, 2.05) is 31.2 Å². The summed E-state index contributed by atoms with van der Waals surface area (Å²) in [7, 11) is 0. The molecule has 0 N–H and O–H groups in total. The van der Waals surface area contributed by atoms with Gasteiger partial charge in [0.05, 0.1) is 18.1 Å². The van der Waals surface area contributed by atoms with Crippen molar-refractivity contribution in [3.63, 3.8) is 0 Å². The van der Waals surface area contributed by atoms with E-state index in [9.17, 15) is 14.9 Å². The fourth-order valence-corrected chi connectivity index (χ4v) is 3.43. The number of amides is 1. The second kappa shape index (κ2) is 8.09. The summed E-state index contributed by atoms with van der Waals surface area (Å²) >= 11 is 0. The molecule has 2 heterocycles. The molecule has 6 nitrogen and oxygen atoms in total. The number of nitrogens with zero attached hydrogens (tertiary/aromatic N) is 3. The molecule has 1 saturated heterocycles. The average molecular weight is 365 g/mol. The van der Waals surface area contributed by atoms with Gasteiger partial charge in [-0.3, -0.25) is 9.59 Å². The summed E-state index contributed by atoms with van der Waals surface area (Å²) in [5, 5.41) is 9.47. The monoisotopic (exact) mass is 365 g/mol. The molecule has 0 saturated carbocycles. The van der Waals surface area contributed by atoms with Gasteiger partial charge in [-0.25, -0.2) is 0 Å². The number of aromatic nitrogens is 1. The molecule has 1 aromatic heterocycles. The molecule has 1 unspecified atom stereocenters. The Balaban J connectivity index is 1.90. The Morgan fingerprint density at radius 2 is 2.00 bits per heavy atom. The maximum atomic E-state index is 13.2. The van der Waals surface area contributed by atoms with E-state index in [1.165, 1.54) is 0 Å². The highest BCUT2D eigenvalue weighted by atomic mass is 16.5. The van der Waals surface area contributed by atoms with Gasteiger partial charge in [-0.05, 0) is 44.9 Å². The van der Waals surface area contributed by atoms with E-state index in [2.05, 4.69) is 6.07 Å². The first kappa shape index (κ1) is 18.7. The maximum Gasteiger partial charge on any atom is 0.310 e. The van der Waals surface area contributed by atoms with E-state index < -0.39 is 0 Å². The van der Waals surface area contributed by atoms with Crippen molar-refractivity contribution >= 4 is 11.9 Å². The topological polar surface area (TPSA) is 75.3 Å². The minimum atomic E-state index is -0.309. The Labute approximate surface area is 159 Å². The molecule has 0 radical (unpaired) electrons. The number of ether oxygens (including phenoxy) is 1. The summed E-state index contributed by atoms with van der Waals surface area (Å²) in [6.07, 6.45) is 3.19. The Bertz CT molecular complexity index is 877. The van der Waals surface area contributed by atoms with Crippen LogP contribution in [-0.2, 0) is 9.53 Å². The number of rotatable bonds is 4. The van der Waals surface area contributed by atoms with Crippen LogP contribution >= 0.6 is 0 Å². The van der Waals surface area contributed by atoms with Crippen LogP contribution in [0.4, 0.5) is 0 Å². The Kier molecular flexibility index (Phi) is 5.60. The van der Waals surface area contributed by atoms with E-state index in [-0.39, 0.29) is 17.8 Å². The highest BCUT2D eigenvalue weighted by Crippen LogP contribution is 2.24. The molecule has 27 heavy (non-hydrogen) atoms. The molecule has 0 bridgehead atoms. The summed E-state index contributed by atoms with van der Waals surface area (Å²) < 4.78 is 6.86. The van der Waals surface area contributed by atoms with Gasteiger partial charge in [-0.1, -0.05) is 17.7 Å². The van der Waals surface area contributed by atoms with Crippen molar-refractivity contribution in [3.05, 3.63) is 53.3 Å². The molecule has 1 aliphatic heterocycles. The van der Waals surface area contributed by atoms with Crippen LogP contribution in [-0.4, -0.2) is 41.0 Å². The number of esters is 1. The first-order valence-corrected chi connectivity index (χ1v) is 9.19. The van der Waals surface area contributed by atoms with E-state index in [0.29, 0.717) is 37.4 Å². The molecule has 3 rings (SSSR count). The fourth-order valence-electron chi connectivity index (χ4n) is 3.43. The van der Waals surface area contributed by atoms with E-state index >= 15 is 0 Å². The van der Waals surface area contributed by atoms with Gasteiger partial charge in [0.15, 0.2) is 0 Å². The highest BCUT2D eigenvalue weighted by molar-refractivity contribution is 5.96. The number of likely N-dealkylation sites (tertiary alicyclic amines) is 1. The van der Waals surface area contributed by atoms with Crippen LogP contribution in [0, 0.1) is 24.2 Å². The zero-order valence-electron chi connectivity index (χ0n) is 15.6. The van der Waals surface area contributed by atoms with E-state index in [1.54, 1.807) is 28.7 Å². The van der Waals surface area contributed by atoms with Gasteiger partial charge in [0.2, 0.25) is 0 Å². The molecule has 1 aromatic carbocycles. The van der Waals surface area contributed by atoms with Crippen LogP contribution in [0.3, 0.4) is 0 Å². The molecule has 1 aliphatic rings. The zero-order valence-corrected chi connectivity index (χ0v) is 15.6. The van der Waals surface area contributed by atoms with Crippen molar-refractivity contribution < 1.29 is 14.3 Å². The molecule has 6 heteroatoms. The lowest BCUT2D eigenvalue weighted by molar-refractivity contribution is -0.149. The van der Waals surface area contributed by atoms with Gasteiger partial charge in [-0.2, -0.15) is 5.26 Å². The lowest BCUT2D eigenvalue weighted by Crippen LogP contribution is -2.43. The third-order valence-electron chi connectivity index (χ3n) is 4.85. The van der Waals surface area contributed by atoms with Gasteiger partial charge in [-0.15, -0.1) is 0 Å². The van der Waals surface area contributed by atoms with E-state index in [0.717, 1.165) is 17.7 Å². The maximum absolute atomic E-state index is 13.2. The van der Waals surface area contributed by atoms with Gasteiger partial charge in [0.25, 0.3) is 5.91 Å². The molecule has 0 aliphatic carbocycles. The van der Waals surface area contributed by atoms with Gasteiger partial charge < -0.3 is 14.2 Å². The number of piperidine rings is 1. The molecule has 140 valence electrons. The summed E-state index contributed by atoms with van der Waals surface area (Å²) in [4.78, 5) is 27.0. The van der Waals surface area contributed by atoms with Gasteiger partial charge >= 0.3 is 5.97 Å². The van der Waals surface area contributed by atoms with Crippen LogP contribution in [0.25, 0.3) is 5.69 Å². The number of carbonyl (C=O) groups excluding carboxylic acids is 2. The third kappa shape index (κ3) is 3.87. The molecule has 1 fully saturated rings. The lowest BCUT2D eigenvalue weighted by atomic mass is 9.97.